The third-order valence-corrected chi connectivity index (χ3v) is 8.11. The summed E-state index contributed by atoms with van der Waals surface area (Å²) in [6.07, 6.45) is 0. The van der Waals surface area contributed by atoms with Crippen LogP contribution in [0.2, 0.25) is 78.6 Å². The number of fused-ring (bicyclic) bond motifs is 1. The van der Waals surface area contributed by atoms with Crippen molar-refractivity contribution in [3.63, 3.8) is 0 Å². The molecule has 2 atom stereocenters. The first-order valence-electron chi connectivity index (χ1n) is 11.4. The molecule has 0 saturated carbocycles. The molecule has 33 heavy (non-hydrogen) atoms. The zero-order valence-corrected chi connectivity index (χ0v) is 26.9. The molecule has 11 heteroatoms. The van der Waals surface area contributed by atoms with E-state index >= 15 is 0 Å². The Balaban J connectivity index is 3.02. The van der Waals surface area contributed by atoms with Crippen molar-refractivity contribution in [2.24, 2.45) is 0 Å². The van der Waals surface area contributed by atoms with Crippen LogP contribution in [-0.2, 0) is 32.0 Å². The summed E-state index contributed by atoms with van der Waals surface area (Å²) >= 11 is 0. The van der Waals surface area contributed by atoms with E-state index in [9.17, 15) is 9.59 Å². The summed E-state index contributed by atoms with van der Waals surface area (Å²) in [5.74, 6) is -1.95. The summed E-state index contributed by atoms with van der Waals surface area (Å²) in [6, 6.07) is 0. The molecule has 2 aliphatic rings. The molecule has 2 unspecified atom stereocenters. The smallest absolute Gasteiger partial charge is 0.303 e. The molecule has 0 aromatic heterocycles. The molecule has 2 rings (SSSR count). The van der Waals surface area contributed by atoms with E-state index in [1.807, 2.05) is 78.6 Å². The number of carbonyl (C=O) groups excluding carboxylic acids is 2. The first-order valence-corrected chi connectivity index (χ1v) is 25.1. The van der Waals surface area contributed by atoms with Crippen LogP contribution in [0.4, 0.5) is 0 Å². The second kappa shape index (κ2) is 8.30. The van der Waals surface area contributed by atoms with Crippen molar-refractivity contribution in [3.05, 3.63) is 22.9 Å². The van der Waals surface area contributed by atoms with Crippen molar-refractivity contribution < 1.29 is 32.0 Å². The van der Waals surface area contributed by atoms with Crippen LogP contribution >= 0.6 is 0 Å². The third-order valence-electron chi connectivity index (χ3n) is 4.65. The van der Waals surface area contributed by atoms with Crippen LogP contribution in [0.15, 0.2) is 22.9 Å². The minimum Gasteiger partial charge on any atom is -0.540 e. The SMILES string of the molecule is CC(=O)C1=C(C)C2(O[Si](C)(C)C)C(=O)C(O[Si](C)(C)C)=C(O[Si](C)(C)C)C2(O[Si](C)(C)C)O1. The Kier molecular flexibility index (Phi) is 7.10. The van der Waals surface area contributed by atoms with Gasteiger partial charge in [0.2, 0.25) is 33.8 Å². The lowest BCUT2D eigenvalue weighted by molar-refractivity contribution is -0.207. The number of allylic oxidation sites excluding steroid dienone is 1. The molecule has 7 nitrogen and oxygen atoms in total. The maximum absolute atomic E-state index is 14.4. The van der Waals surface area contributed by atoms with Crippen molar-refractivity contribution in [3.8, 4) is 0 Å². The molecule has 0 spiro atoms. The Morgan fingerprint density at radius 3 is 1.58 bits per heavy atom. The van der Waals surface area contributed by atoms with E-state index < -0.39 is 44.7 Å². The van der Waals surface area contributed by atoms with Crippen LogP contribution in [0, 0.1) is 0 Å². The maximum atomic E-state index is 14.4. The van der Waals surface area contributed by atoms with Crippen LogP contribution in [0.3, 0.4) is 0 Å². The zero-order valence-electron chi connectivity index (χ0n) is 22.9. The number of Topliss-reactive ketones (excluding diaryl/α,β-unsaturated/α-hetero) is 2. The first-order chi connectivity index (χ1) is 14.5. The van der Waals surface area contributed by atoms with Gasteiger partial charge in [-0.2, -0.15) is 0 Å². The van der Waals surface area contributed by atoms with Crippen molar-refractivity contribution in [2.45, 2.75) is 104 Å². The minimum atomic E-state index is -2.39. The number of carbonyl (C=O) groups is 2. The number of rotatable bonds is 9. The Hall–Kier alpha value is -0.992. The molecule has 0 aromatic rings. The van der Waals surface area contributed by atoms with Gasteiger partial charge in [0.05, 0.1) is 0 Å². The van der Waals surface area contributed by atoms with Gasteiger partial charge in [0.25, 0.3) is 0 Å². The third kappa shape index (κ3) is 5.48. The normalized spacial score (nSPS) is 26.5. The number of hydrogen-bond donors (Lipinski definition) is 0. The van der Waals surface area contributed by atoms with Crippen molar-refractivity contribution >= 4 is 44.8 Å². The van der Waals surface area contributed by atoms with Crippen LogP contribution in [0.5, 0.6) is 0 Å². The fourth-order valence-electron chi connectivity index (χ4n) is 4.01. The van der Waals surface area contributed by atoms with Crippen LogP contribution in [-0.4, -0.2) is 56.2 Å². The van der Waals surface area contributed by atoms with Crippen LogP contribution in [0.1, 0.15) is 13.8 Å². The fraction of sp³-hybridized carbons (Fsp3) is 0.727. The maximum Gasteiger partial charge on any atom is 0.303 e. The number of ether oxygens (including phenoxy) is 1. The monoisotopic (exact) mass is 530 g/mol. The molecule has 1 aliphatic carbocycles. The van der Waals surface area contributed by atoms with Crippen molar-refractivity contribution in [1.82, 2.24) is 0 Å². The summed E-state index contributed by atoms with van der Waals surface area (Å²) in [7, 11) is -9.31. The summed E-state index contributed by atoms with van der Waals surface area (Å²) in [5.41, 5.74) is -1.24. The molecule has 188 valence electrons. The average molecular weight is 531 g/mol. The molecule has 0 aromatic carbocycles. The largest absolute Gasteiger partial charge is 0.540 e. The summed E-state index contributed by atoms with van der Waals surface area (Å²) in [6.45, 7) is 27.3. The summed E-state index contributed by atoms with van der Waals surface area (Å²) < 4.78 is 32.9. The highest BCUT2D eigenvalue weighted by molar-refractivity contribution is 6.72. The quantitative estimate of drug-likeness (QED) is 0.363. The molecule has 1 aliphatic heterocycles. The Morgan fingerprint density at radius 2 is 1.21 bits per heavy atom. The van der Waals surface area contributed by atoms with Gasteiger partial charge in [0.1, 0.15) is 0 Å². The lowest BCUT2D eigenvalue weighted by Crippen LogP contribution is -2.64. The van der Waals surface area contributed by atoms with Gasteiger partial charge in [-0.15, -0.1) is 0 Å². The predicted octanol–water partition coefficient (Wildman–Crippen LogP) is 5.52. The van der Waals surface area contributed by atoms with E-state index in [1.165, 1.54) is 6.92 Å². The fourth-order valence-corrected chi connectivity index (χ4v) is 8.09. The predicted molar refractivity (Wildman–Crippen MR) is 140 cm³/mol. The van der Waals surface area contributed by atoms with Gasteiger partial charge in [0, 0.05) is 12.5 Å². The van der Waals surface area contributed by atoms with Gasteiger partial charge in [-0.05, 0) is 85.5 Å². The lowest BCUT2D eigenvalue weighted by atomic mass is 9.87. The Labute approximate surface area is 203 Å². The molecule has 0 radical (unpaired) electrons. The molecule has 0 amide bonds. The molecule has 0 fully saturated rings. The van der Waals surface area contributed by atoms with Gasteiger partial charge < -0.3 is 22.4 Å². The first kappa shape index (κ1) is 28.2. The number of ketones is 2. The van der Waals surface area contributed by atoms with E-state index in [4.69, 9.17) is 22.4 Å². The molecule has 1 heterocycles. The Bertz CT molecular complexity index is 913. The van der Waals surface area contributed by atoms with E-state index in [2.05, 4.69) is 0 Å². The van der Waals surface area contributed by atoms with Crippen LogP contribution < -0.4 is 0 Å². The van der Waals surface area contributed by atoms with Gasteiger partial charge in [0.15, 0.2) is 33.9 Å². The lowest BCUT2D eigenvalue weighted by Gasteiger charge is -2.45. The number of hydrogen-bond acceptors (Lipinski definition) is 7. The molecular formula is C22H42O7Si4. The van der Waals surface area contributed by atoms with E-state index in [0.717, 1.165) is 0 Å². The highest BCUT2D eigenvalue weighted by atomic mass is 28.4. The summed E-state index contributed by atoms with van der Waals surface area (Å²) in [4.78, 5) is 27.1. The topological polar surface area (TPSA) is 80.3 Å². The molecule has 0 bridgehead atoms. The second-order valence-corrected chi connectivity index (χ2v) is 30.5. The highest BCUT2D eigenvalue weighted by Gasteiger charge is 2.78. The van der Waals surface area contributed by atoms with E-state index in [1.54, 1.807) is 6.92 Å². The van der Waals surface area contributed by atoms with Gasteiger partial charge in [-0.3, -0.25) is 9.59 Å². The van der Waals surface area contributed by atoms with E-state index in [0.29, 0.717) is 5.57 Å². The standard InChI is InChI=1S/C22H42O7Si4/c1-15-17(16(2)23)25-22(29-33(12,13)14)20(27-31(6,7)8)18(26-30(3,4)5)19(24)21(15,22)28-32(9,10)11/h1-14H3. The van der Waals surface area contributed by atoms with Gasteiger partial charge in [-0.1, -0.05) is 0 Å². The van der Waals surface area contributed by atoms with Crippen LogP contribution in [0.25, 0.3) is 0 Å². The summed E-state index contributed by atoms with van der Waals surface area (Å²) in [5, 5.41) is 0. The zero-order chi connectivity index (χ0) is 26.0. The minimum absolute atomic E-state index is 0.101. The second-order valence-electron chi connectivity index (χ2n) is 12.8. The van der Waals surface area contributed by atoms with Crippen molar-refractivity contribution in [2.75, 3.05) is 0 Å². The average Bonchev–Trinajstić information content (AvgIpc) is 2.84. The van der Waals surface area contributed by atoms with E-state index in [-0.39, 0.29) is 28.8 Å². The molecular weight excluding hydrogens is 489 g/mol. The molecule has 0 saturated heterocycles. The Morgan fingerprint density at radius 1 is 0.758 bits per heavy atom. The van der Waals surface area contributed by atoms with Crippen molar-refractivity contribution in [1.29, 1.82) is 0 Å². The van der Waals surface area contributed by atoms with Gasteiger partial charge in [-0.25, -0.2) is 0 Å². The van der Waals surface area contributed by atoms with Gasteiger partial charge >= 0.3 is 5.79 Å². The molecule has 0 N–H and O–H groups in total. The highest BCUT2D eigenvalue weighted by Crippen LogP contribution is 2.59.